The van der Waals surface area contributed by atoms with Crippen LogP contribution in [-0.4, -0.2) is 29.3 Å². The van der Waals surface area contributed by atoms with Crippen molar-refractivity contribution in [2.75, 3.05) is 0 Å². The van der Waals surface area contributed by atoms with Crippen LogP contribution in [0.25, 0.3) is 16.8 Å². The van der Waals surface area contributed by atoms with E-state index in [1.807, 2.05) is 6.07 Å². The Kier molecular flexibility index (Phi) is 6.64. The van der Waals surface area contributed by atoms with Gasteiger partial charge in [0.2, 0.25) is 6.29 Å². The van der Waals surface area contributed by atoms with E-state index < -0.39 is 6.29 Å². The Morgan fingerprint density at radius 2 is 1.78 bits per heavy atom. The molecule has 0 unspecified atom stereocenters. The number of benzene rings is 3. The monoisotopic (exact) mass is 495 g/mol. The maximum Gasteiger partial charge on any atom is 0.338 e. The summed E-state index contributed by atoms with van der Waals surface area (Å²) in [5.74, 6) is 1.39. The molecule has 3 aliphatic rings. The predicted molar refractivity (Wildman–Crippen MR) is 147 cm³/mol. The van der Waals surface area contributed by atoms with E-state index in [4.69, 9.17) is 9.47 Å². The van der Waals surface area contributed by atoms with Crippen LogP contribution in [0, 0.1) is 17.8 Å². The number of cyclic esters (lactones) is 1. The number of carbonyl (C=O) groups excluding carboxylic acids is 1. The van der Waals surface area contributed by atoms with E-state index in [1.54, 1.807) is 0 Å². The quantitative estimate of drug-likeness (QED) is 0.358. The minimum atomic E-state index is -0.598. The van der Waals surface area contributed by atoms with Gasteiger partial charge in [0, 0.05) is 13.1 Å². The number of hydrogen-bond acceptors (Lipinski definition) is 4. The summed E-state index contributed by atoms with van der Waals surface area (Å²) in [5, 5.41) is 2.46. The normalized spacial score (nSPS) is 27.9. The smallest absolute Gasteiger partial charge is 0.338 e. The van der Waals surface area contributed by atoms with Crippen LogP contribution in [0.4, 0.5) is 0 Å². The van der Waals surface area contributed by atoms with Gasteiger partial charge >= 0.3 is 5.97 Å². The van der Waals surface area contributed by atoms with E-state index in [0.717, 1.165) is 25.1 Å². The molecular formula is C33H37NO3. The molecule has 0 N–H and O–H groups in total. The van der Waals surface area contributed by atoms with Crippen LogP contribution in [0.5, 0.6) is 0 Å². The van der Waals surface area contributed by atoms with Crippen molar-refractivity contribution < 1.29 is 14.3 Å². The average molecular weight is 496 g/mol. The number of esters is 1. The standard InChI is InChI=1S/C33H37NO3/c1-21(2)26-16-13-22(3)17-30(26)36-33-31-28(32(35)37-33)18-25-15-14-24-11-7-8-12-27(24)29(25)20-34(31)19-23-9-5-4-6-10-23/h4-12,14-15,18,21-22,26,30-31,33H,13,16-17,19-20H2,1-3H3/t22-,26+,30-,31-,33-/m1/s1. The first kappa shape index (κ1) is 24.4. The van der Waals surface area contributed by atoms with Crippen molar-refractivity contribution >= 4 is 22.8 Å². The molecule has 0 bridgehead atoms. The van der Waals surface area contributed by atoms with Gasteiger partial charge in [-0.1, -0.05) is 93.9 Å². The van der Waals surface area contributed by atoms with Gasteiger partial charge in [0.15, 0.2) is 0 Å². The number of ether oxygens (including phenoxy) is 2. The molecule has 0 amide bonds. The molecule has 192 valence electrons. The highest BCUT2D eigenvalue weighted by molar-refractivity contribution is 5.99. The van der Waals surface area contributed by atoms with Crippen LogP contribution < -0.4 is 0 Å². The maximum absolute atomic E-state index is 13.4. The molecule has 1 saturated heterocycles. The zero-order chi connectivity index (χ0) is 25.5. The van der Waals surface area contributed by atoms with Crippen molar-refractivity contribution in [1.29, 1.82) is 0 Å². The molecule has 3 aromatic carbocycles. The van der Waals surface area contributed by atoms with Crippen molar-refractivity contribution in [2.45, 2.75) is 71.6 Å². The highest BCUT2D eigenvalue weighted by Crippen LogP contribution is 2.41. The Morgan fingerprint density at radius 3 is 2.59 bits per heavy atom. The second-order valence-electron chi connectivity index (χ2n) is 11.6. The minimum Gasteiger partial charge on any atom is -0.430 e. The fourth-order valence-corrected chi connectivity index (χ4v) is 6.67. The Bertz CT molecular complexity index is 1310. The van der Waals surface area contributed by atoms with E-state index in [9.17, 15) is 4.79 Å². The summed E-state index contributed by atoms with van der Waals surface area (Å²) in [7, 11) is 0. The molecule has 1 aliphatic carbocycles. The van der Waals surface area contributed by atoms with Gasteiger partial charge in [-0.25, -0.2) is 4.79 Å². The number of carbonyl (C=O) groups is 1. The third kappa shape index (κ3) is 4.73. The van der Waals surface area contributed by atoms with Gasteiger partial charge in [-0.05, 0) is 64.1 Å². The average Bonchev–Trinajstić information content (AvgIpc) is 3.08. The molecule has 2 heterocycles. The molecule has 0 spiro atoms. The summed E-state index contributed by atoms with van der Waals surface area (Å²) in [6.07, 6.45) is 5.00. The summed E-state index contributed by atoms with van der Waals surface area (Å²) >= 11 is 0. The zero-order valence-corrected chi connectivity index (χ0v) is 22.1. The summed E-state index contributed by atoms with van der Waals surface area (Å²) in [6.45, 7) is 8.34. The molecule has 37 heavy (non-hydrogen) atoms. The molecule has 0 radical (unpaired) electrons. The van der Waals surface area contributed by atoms with E-state index >= 15 is 0 Å². The first-order valence-corrected chi connectivity index (χ1v) is 13.8. The summed E-state index contributed by atoms with van der Waals surface area (Å²) < 4.78 is 12.9. The third-order valence-electron chi connectivity index (χ3n) is 8.68. The van der Waals surface area contributed by atoms with Gasteiger partial charge in [-0.2, -0.15) is 0 Å². The Morgan fingerprint density at radius 1 is 1.00 bits per heavy atom. The second kappa shape index (κ2) is 10.1. The number of rotatable bonds is 5. The molecule has 6 rings (SSSR count). The number of hydrogen-bond donors (Lipinski definition) is 0. The summed E-state index contributed by atoms with van der Waals surface area (Å²) in [5.41, 5.74) is 4.28. The topological polar surface area (TPSA) is 38.8 Å². The van der Waals surface area contributed by atoms with Gasteiger partial charge in [0.05, 0.1) is 11.7 Å². The van der Waals surface area contributed by atoms with Crippen molar-refractivity contribution in [1.82, 2.24) is 4.90 Å². The van der Waals surface area contributed by atoms with Gasteiger partial charge in [-0.3, -0.25) is 4.90 Å². The van der Waals surface area contributed by atoms with Gasteiger partial charge in [0.25, 0.3) is 0 Å². The van der Waals surface area contributed by atoms with Gasteiger partial charge in [0.1, 0.15) is 6.04 Å². The van der Waals surface area contributed by atoms with Crippen LogP contribution in [-0.2, 0) is 27.4 Å². The molecule has 3 aromatic rings. The minimum absolute atomic E-state index is 0.103. The van der Waals surface area contributed by atoms with Crippen LogP contribution in [0.1, 0.15) is 56.7 Å². The second-order valence-corrected chi connectivity index (χ2v) is 11.6. The fraction of sp³-hybridized carbons (Fsp3) is 0.424. The largest absolute Gasteiger partial charge is 0.430 e. The van der Waals surface area contributed by atoms with Crippen molar-refractivity contribution in [2.24, 2.45) is 17.8 Å². The molecule has 4 nitrogen and oxygen atoms in total. The Labute approximate surface area is 220 Å². The molecule has 0 aromatic heterocycles. The Balaban J connectivity index is 1.40. The van der Waals surface area contributed by atoms with E-state index in [-0.39, 0.29) is 18.1 Å². The van der Waals surface area contributed by atoms with Crippen molar-refractivity contribution in [3.05, 3.63) is 89.0 Å². The lowest BCUT2D eigenvalue weighted by Gasteiger charge is -2.40. The summed E-state index contributed by atoms with van der Waals surface area (Å²) in [6, 6.07) is 23.1. The van der Waals surface area contributed by atoms with Crippen LogP contribution in [0.15, 0.2) is 72.3 Å². The highest BCUT2D eigenvalue weighted by Gasteiger charge is 2.48. The third-order valence-corrected chi connectivity index (χ3v) is 8.68. The van der Waals surface area contributed by atoms with Gasteiger partial charge in [-0.15, -0.1) is 0 Å². The number of nitrogens with zero attached hydrogens (tertiary/aromatic N) is 1. The molecule has 5 atom stereocenters. The summed E-state index contributed by atoms with van der Waals surface area (Å²) in [4.78, 5) is 15.8. The van der Waals surface area contributed by atoms with Crippen molar-refractivity contribution in [3.8, 4) is 0 Å². The van der Waals surface area contributed by atoms with Crippen LogP contribution >= 0.6 is 0 Å². The Hall–Kier alpha value is -2.95. The number of fused-ring (bicyclic) bond motifs is 4. The predicted octanol–water partition coefficient (Wildman–Crippen LogP) is 6.97. The molecule has 1 saturated carbocycles. The fourth-order valence-electron chi connectivity index (χ4n) is 6.67. The molecule has 4 heteroatoms. The van der Waals surface area contributed by atoms with E-state index in [1.165, 1.54) is 34.7 Å². The lowest BCUT2D eigenvalue weighted by molar-refractivity contribution is -0.199. The van der Waals surface area contributed by atoms with E-state index in [0.29, 0.717) is 23.3 Å². The molecule has 2 fully saturated rings. The lowest BCUT2D eigenvalue weighted by Crippen LogP contribution is -2.45. The maximum atomic E-state index is 13.4. The van der Waals surface area contributed by atoms with Crippen LogP contribution in [0.2, 0.25) is 0 Å². The van der Waals surface area contributed by atoms with Crippen molar-refractivity contribution in [3.63, 3.8) is 0 Å². The first-order chi connectivity index (χ1) is 18.0. The SMILES string of the molecule is CC(C)[C@@H]1CC[C@@H](C)C[C@H]1O[C@@H]1OC(=O)C2=Cc3ccc4ccccc4c3CN(Cc3ccccc3)[C@H]21. The first-order valence-electron chi connectivity index (χ1n) is 13.8. The highest BCUT2D eigenvalue weighted by atomic mass is 16.7. The molecular weight excluding hydrogens is 458 g/mol. The van der Waals surface area contributed by atoms with Crippen LogP contribution in [0.3, 0.4) is 0 Å². The van der Waals surface area contributed by atoms with E-state index in [2.05, 4.69) is 92.4 Å². The lowest BCUT2D eigenvalue weighted by atomic mass is 9.75. The zero-order valence-electron chi connectivity index (χ0n) is 22.1. The van der Waals surface area contributed by atoms with Gasteiger partial charge < -0.3 is 9.47 Å². The molecule has 2 aliphatic heterocycles.